The quantitative estimate of drug-likeness (QED) is 0.720. The molecule has 0 bridgehead atoms. The van der Waals surface area contributed by atoms with Crippen LogP contribution in [0.25, 0.3) is 0 Å². The lowest BCUT2D eigenvalue weighted by Crippen LogP contribution is -2.28. The average Bonchev–Trinajstić information content (AvgIpc) is 2.32. The minimum absolute atomic E-state index is 0. The lowest BCUT2D eigenvalue weighted by molar-refractivity contribution is -0.119. The fourth-order valence-corrected chi connectivity index (χ4v) is 1.56. The summed E-state index contributed by atoms with van der Waals surface area (Å²) in [6, 6.07) is 5.26. The van der Waals surface area contributed by atoms with Gasteiger partial charge in [0, 0.05) is 12.5 Å². The van der Waals surface area contributed by atoms with E-state index < -0.39 is 0 Å². The molecule has 0 spiro atoms. The number of carbonyl (C=O) groups excluding carboxylic acids is 1. The smallest absolute Gasteiger partial charge is 0.228 e. The third-order valence-electron chi connectivity index (χ3n) is 2.68. The summed E-state index contributed by atoms with van der Waals surface area (Å²) in [5, 5.41) is 15.3. The van der Waals surface area contributed by atoms with E-state index in [1.807, 2.05) is 19.9 Å². The molecule has 5 heteroatoms. The van der Waals surface area contributed by atoms with Gasteiger partial charge in [0.1, 0.15) is 5.75 Å². The van der Waals surface area contributed by atoms with Crippen molar-refractivity contribution >= 4 is 24.0 Å². The summed E-state index contributed by atoms with van der Waals surface area (Å²) in [6.07, 6.45) is 0.870. The molecule has 1 aromatic carbocycles. The first-order valence-electron chi connectivity index (χ1n) is 5.85. The van der Waals surface area contributed by atoms with Crippen LogP contribution in [0.15, 0.2) is 18.2 Å². The van der Waals surface area contributed by atoms with Crippen LogP contribution in [0.2, 0.25) is 0 Å². The highest BCUT2D eigenvalue weighted by Crippen LogP contribution is 2.24. The van der Waals surface area contributed by atoms with Crippen LogP contribution in [0.1, 0.15) is 19.4 Å². The zero-order chi connectivity index (χ0) is 12.8. The van der Waals surface area contributed by atoms with Crippen molar-refractivity contribution in [2.75, 3.05) is 18.9 Å². The van der Waals surface area contributed by atoms with Crippen molar-refractivity contribution < 1.29 is 9.90 Å². The summed E-state index contributed by atoms with van der Waals surface area (Å²) in [5.41, 5.74) is 1.57. The van der Waals surface area contributed by atoms with Gasteiger partial charge >= 0.3 is 0 Å². The maximum Gasteiger partial charge on any atom is 0.228 e. The monoisotopic (exact) mass is 272 g/mol. The summed E-state index contributed by atoms with van der Waals surface area (Å²) >= 11 is 0. The van der Waals surface area contributed by atoms with Crippen molar-refractivity contribution in [3.63, 3.8) is 0 Å². The highest BCUT2D eigenvalue weighted by Gasteiger charge is 2.13. The molecule has 0 saturated heterocycles. The second-order valence-corrected chi connectivity index (χ2v) is 4.15. The Hall–Kier alpha value is -1.26. The number of anilines is 1. The van der Waals surface area contributed by atoms with Crippen molar-refractivity contribution in [1.82, 2.24) is 5.32 Å². The third-order valence-corrected chi connectivity index (χ3v) is 2.68. The van der Waals surface area contributed by atoms with Gasteiger partial charge in [-0.05, 0) is 31.2 Å². The number of aryl methyl sites for hydroxylation is 1. The van der Waals surface area contributed by atoms with E-state index in [-0.39, 0.29) is 30.0 Å². The van der Waals surface area contributed by atoms with E-state index in [9.17, 15) is 9.90 Å². The Morgan fingerprint density at radius 2 is 2.11 bits per heavy atom. The van der Waals surface area contributed by atoms with Gasteiger partial charge in [-0.2, -0.15) is 0 Å². The average molecular weight is 273 g/mol. The molecule has 1 amide bonds. The van der Waals surface area contributed by atoms with Gasteiger partial charge in [-0.1, -0.05) is 19.9 Å². The molecule has 0 fully saturated rings. The minimum Gasteiger partial charge on any atom is -0.506 e. The number of phenolic OH excluding ortho intramolecular Hbond substituents is 1. The molecule has 18 heavy (non-hydrogen) atoms. The van der Waals surface area contributed by atoms with E-state index in [1.165, 1.54) is 0 Å². The zero-order valence-electron chi connectivity index (χ0n) is 11.0. The fraction of sp³-hybridized carbons (Fsp3) is 0.462. The molecule has 0 aliphatic rings. The van der Waals surface area contributed by atoms with Crippen molar-refractivity contribution in [2.24, 2.45) is 5.92 Å². The van der Waals surface area contributed by atoms with Gasteiger partial charge in [0.25, 0.3) is 0 Å². The molecule has 0 aromatic heterocycles. The first-order chi connectivity index (χ1) is 8.08. The van der Waals surface area contributed by atoms with Gasteiger partial charge in [0.05, 0.1) is 5.69 Å². The van der Waals surface area contributed by atoms with Crippen LogP contribution in [0.5, 0.6) is 5.75 Å². The van der Waals surface area contributed by atoms with Gasteiger partial charge in [0.15, 0.2) is 0 Å². The molecular formula is C13H21ClN2O2. The molecule has 102 valence electrons. The van der Waals surface area contributed by atoms with E-state index in [0.717, 1.165) is 12.0 Å². The maximum absolute atomic E-state index is 11.8. The molecule has 1 aromatic rings. The van der Waals surface area contributed by atoms with Crippen molar-refractivity contribution in [1.29, 1.82) is 0 Å². The molecule has 1 atom stereocenters. The van der Waals surface area contributed by atoms with Crippen LogP contribution in [0.3, 0.4) is 0 Å². The van der Waals surface area contributed by atoms with Crippen LogP contribution < -0.4 is 10.6 Å². The largest absolute Gasteiger partial charge is 0.506 e. The molecule has 3 N–H and O–H groups in total. The Kier molecular flexibility index (Phi) is 7.39. The van der Waals surface area contributed by atoms with Crippen LogP contribution in [-0.4, -0.2) is 24.6 Å². The Bertz CT molecular complexity index is 397. The van der Waals surface area contributed by atoms with Crippen LogP contribution in [0, 0.1) is 5.92 Å². The van der Waals surface area contributed by atoms with E-state index in [1.54, 1.807) is 19.2 Å². The van der Waals surface area contributed by atoms with Crippen LogP contribution >= 0.6 is 12.4 Å². The molecular weight excluding hydrogens is 252 g/mol. The minimum atomic E-state index is -0.135. The molecule has 0 radical (unpaired) electrons. The second kappa shape index (κ2) is 7.95. The molecule has 0 aliphatic heterocycles. The van der Waals surface area contributed by atoms with Crippen molar-refractivity contribution in [3.8, 4) is 5.75 Å². The van der Waals surface area contributed by atoms with Gasteiger partial charge in [-0.3, -0.25) is 4.79 Å². The molecule has 0 saturated carbocycles. The van der Waals surface area contributed by atoms with Crippen molar-refractivity contribution in [2.45, 2.75) is 20.3 Å². The number of nitrogens with one attached hydrogen (secondary N) is 2. The normalized spacial score (nSPS) is 11.5. The summed E-state index contributed by atoms with van der Waals surface area (Å²) in [6.45, 7) is 4.48. The maximum atomic E-state index is 11.8. The number of phenols is 1. The number of rotatable bonds is 5. The number of aromatic hydroxyl groups is 1. The van der Waals surface area contributed by atoms with Gasteiger partial charge in [-0.25, -0.2) is 0 Å². The van der Waals surface area contributed by atoms with E-state index >= 15 is 0 Å². The summed E-state index contributed by atoms with van der Waals surface area (Å²) in [5.74, 6) is -0.125. The molecule has 0 aliphatic carbocycles. The molecule has 4 nitrogen and oxygen atoms in total. The number of hydrogen-bond acceptors (Lipinski definition) is 3. The number of carbonyl (C=O) groups is 1. The Morgan fingerprint density at radius 3 is 2.67 bits per heavy atom. The first kappa shape index (κ1) is 16.7. The predicted octanol–water partition coefficient (Wildman–Crippen LogP) is 2.17. The molecule has 1 unspecified atom stereocenters. The highest BCUT2D eigenvalue weighted by molar-refractivity contribution is 5.93. The van der Waals surface area contributed by atoms with Gasteiger partial charge in [-0.15, -0.1) is 12.4 Å². The number of halogens is 1. The van der Waals surface area contributed by atoms with E-state index in [4.69, 9.17) is 0 Å². The predicted molar refractivity (Wildman–Crippen MR) is 76.5 cm³/mol. The SMILES string of the molecule is CCc1ccc(O)c(NC(=O)C(C)CNC)c1.Cl. The first-order valence-corrected chi connectivity index (χ1v) is 5.85. The number of hydrogen-bond donors (Lipinski definition) is 3. The number of amides is 1. The Labute approximate surface area is 114 Å². The zero-order valence-corrected chi connectivity index (χ0v) is 11.8. The van der Waals surface area contributed by atoms with Gasteiger partial charge in [0.2, 0.25) is 5.91 Å². The summed E-state index contributed by atoms with van der Waals surface area (Å²) in [7, 11) is 1.80. The van der Waals surface area contributed by atoms with Crippen molar-refractivity contribution in [3.05, 3.63) is 23.8 Å². The van der Waals surface area contributed by atoms with E-state index in [0.29, 0.717) is 12.2 Å². The van der Waals surface area contributed by atoms with Crippen LogP contribution in [-0.2, 0) is 11.2 Å². The Balaban J connectivity index is 0.00000289. The summed E-state index contributed by atoms with van der Waals surface area (Å²) in [4.78, 5) is 11.8. The highest BCUT2D eigenvalue weighted by atomic mass is 35.5. The third kappa shape index (κ3) is 4.55. The lowest BCUT2D eigenvalue weighted by Gasteiger charge is -2.13. The standard InChI is InChI=1S/C13H20N2O2.ClH/c1-4-10-5-6-12(16)11(7-10)15-13(17)9(2)8-14-3;/h5-7,9,14,16H,4,8H2,1-3H3,(H,15,17);1H. The Morgan fingerprint density at radius 1 is 1.44 bits per heavy atom. The lowest BCUT2D eigenvalue weighted by atomic mass is 10.1. The second-order valence-electron chi connectivity index (χ2n) is 4.15. The van der Waals surface area contributed by atoms with E-state index in [2.05, 4.69) is 10.6 Å². The topological polar surface area (TPSA) is 61.4 Å². The fourth-order valence-electron chi connectivity index (χ4n) is 1.56. The van der Waals surface area contributed by atoms with Crippen LogP contribution in [0.4, 0.5) is 5.69 Å². The molecule has 0 heterocycles. The number of benzene rings is 1. The summed E-state index contributed by atoms with van der Waals surface area (Å²) < 4.78 is 0. The molecule has 1 rings (SSSR count). The van der Waals surface area contributed by atoms with Gasteiger partial charge < -0.3 is 15.7 Å².